The third-order valence-corrected chi connectivity index (χ3v) is 3.38. The number of rotatable bonds is 6. The topological polar surface area (TPSA) is 55.4 Å². The molecule has 0 aliphatic heterocycles. The van der Waals surface area contributed by atoms with Gasteiger partial charge in [0.05, 0.1) is 25.3 Å². The van der Waals surface area contributed by atoms with Crippen molar-refractivity contribution >= 4 is 35.2 Å². The van der Waals surface area contributed by atoms with Crippen LogP contribution in [-0.2, 0) is 14.3 Å². The largest absolute Gasteiger partial charge is 0.469 e. The number of ether oxygens (including phenoxy) is 1. The molecule has 1 aromatic carbocycles. The first kappa shape index (κ1) is 15.9. The molecule has 0 aromatic heterocycles. The second-order valence-corrected chi connectivity index (χ2v) is 5.13. The van der Waals surface area contributed by atoms with Crippen molar-refractivity contribution in [3.8, 4) is 0 Å². The normalized spacial score (nSPS) is 11.7. The minimum Gasteiger partial charge on any atom is -0.469 e. The molecule has 19 heavy (non-hydrogen) atoms. The fraction of sp³-hybridized carbons (Fsp3) is 0.385. The molecular formula is C13H16ClNO3S. The number of carbonyl (C=O) groups is 2. The van der Waals surface area contributed by atoms with Crippen LogP contribution in [0.5, 0.6) is 0 Å². The fourth-order valence-electron chi connectivity index (χ4n) is 1.61. The van der Waals surface area contributed by atoms with Crippen LogP contribution in [0, 0.1) is 0 Å². The molecule has 1 N–H and O–H groups in total. The standard InChI is InChI=1S/C13H16ClNO3S/c1-18-13(17)7-11(15-12(16)8-19-2)9-5-3-4-6-10(9)14/h3-6,11H,7-8H2,1-2H3,(H,15,16). The zero-order valence-electron chi connectivity index (χ0n) is 10.8. The molecule has 1 rings (SSSR count). The molecule has 1 atom stereocenters. The molecule has 0 fully saturated rings. The van der Waals surface area contributed by atoms with Crippen molar-refractivity contribution in [3.05, 3.63) is 34.9 Å². The predicted molar refractivity (Wildman–Crippen MR) is 77.4 cm³/mol. The fourth-order valence-corrected chi connectivity index (χ4v) is 2.23. The summed E-state index contributed by atoms with van der Waals surface area (Å²) in [6.07, 6.45) is 1.89. The first-order valence-corrected chi connectivity index (χ1v) is 7.45. The quantitative estimate of drug-likeness (QED) is 0.820. The first-order chi connectivity index (χ1) is 9.08. The molecule has 0 saturated carbocycles. The van der Waals surface area contributed by atoms with Crippen molar-refractivity contribution in [2.45, 2.75) is 12.5 Å². The monoisotopic (exact) mass is 301 g/mol. The molecule has 0 spiro atoms. The Morgan fingerprint density at radius 1 is 1.42 bits per heavy atom. The third-order valence-electron chi connectivity index (χ3n) is 2.49. The average molecular weight is 302 g/mol. The summed E-state index contributed by atoms with van der Waals surface area (Å²) in [6.45, 7) is 0. The summed E-state index contributed by atoms with van der Waals surface area (Å²) in [5, 5.41) is 3.31. The lowest BCUT2D eigenvalue weighted by Gasteiger charge is -2.19. The Labute approximate surface area is 121 Å². The first-order valence-electron chi connectivity index (χ1n) is 5.68. The molecule has 0 aliphatic rings. The Morgan fingerprint density at radius 3 is 2.68 bits per heavy atom. The van der Waals surface area contributed by atoms with Crippen LogP contribution in [0.4, 0.5) is 0 Å². The molecule has 1 amide bonds. The lowest BCUT2D eigenvalue weighted by Crippen LogP contribution is -2.31. The van der Waals surface area contributed by atoms with Gasteiger partial charge < -0.3 is 10.1 Å². The minimum atomic E-state index is -0.471. The van der Waals surface area contributed by atoms with Gasteiger partial charge in [0.25, 0.3) is 0 Å². The van der Waals surface area contributed by atoms with Crippen LogP contribution in [0.1, 0.15) is 18.0 Å². The van der Waals surface area contributed by atoms with Crippen molar-refractivity contribution in [2.24, 2.45) is 0 Å². The summed E-state index contributed by atoms with van der Waals surface area (Å²) in [5.74, 6) is -0.196. The van der Waals surface area contributed by atoms with Crippen molar-refractivity contribution in [2.75, 3.05) is 19.1 Å². The highest BCUT2D eigenvalue weighted by molar-refractivity contribution is 7.99. The van der Waals surface area contributed by atoms with Gasteiger partial charge >= 0.3 is 5.97 Å². The second-order valence-electron chi connectivity index (χ2n) is 3.85. The van der Waals surface area contributed by atoms with E-state index >= 15 is 0 Å². The summed E-state index contributed by atoms with van der Waals surface area (Å²) >= 11 is 7.51. The van der Waals surface area contributed by atoms with E-state index < -0.39 is 12.0 Å². The number of halogens is 1. The van der Waals surface area contributed by atoms with Crippen LogP contribution >= 0.6 is 23.4 Å². The zero-order valence-corrected chi connectivity index (χ0v) is 12.4. The van der Waals surface area contributed by atoms with E-state index in [9.17, 15) is 9.59 Å². The van der Waals surface area contributed by atoms with Crippen molar-refractivity contribution in [1.29, 1.82) is 0 Å². The van der Waals surface area contributed by atoms with Gasteiger partial charge in [-0.2, -0.15) is 11.8 Å². The highest BCUT2D eigenvalue weighted by Crippen LogP contribution is 2.25. The van der Waals surface area contributed by atoms with E-state index in [4.69, 9.17) is 11.6 Å². The summed E-state index contributed by atoms with van der Waals surface area (Å²) in [6, 6.07) is 6.65. The molecule has 6 heteroatoms. The van der Waals surface area contributed by atoms with Gasteiger partial charge in [0.2, 0.25) is 5.91 Å². The van der Waals surface area contributed by atoms with E-state index in [0.29, 0.717) is 16.3 Å². The van der Waals surface area contributed by atoms with E-state index in [0.717, 1.165) is 0 Å². The van der Waals surface area contributed by atoms with Crippen molar-refractivity contribution in [1.82, 2.24) is 5.32 Å². The maximum atomic E-state index is 11.7. The van der Waals surface area contributed by atoms with Gasteiger partial charge in [-0.05, 0) is 17.9 Å². The summed E-state index contributed by atoms with van der Waals surface area (Å²) < 4.78 is 4.65. The summed E-state index contributed by atoms with van der Waals surface area (Å²) in [5.41, 5.74) is 0.712. The highest BCUT2D eigenvalue weighted by atomic mass is 35.5. The number of methoxy groups -OCH3 is 1. The Hall–Kier alpha value is -1.20. The van der Waals surface area contributed by atoms with Gasteiger partial charge in [-0.15, -0.1) is 0 Å². The number of nitrogens with one attached hydrogen (secondary N) is 1. The second kappa shape index (κ2) is 8.07. The number of esters is 1. The van der Waals surface area contributed by atoms with Crippen LogP contribution in [0.15, 0.2) is 24.3 Å². The zero-order chi connectivity index (χ0) is 14.3. The van der Waals surface area contributed by atoms with Crippen LogP contribution in [0.3, 0.4) is 0 Å². The maximum absolute atomic E-state index is 11.7. The SMILES string of the molecule is COC(=O)CC(NC(=O)CSC)c1ccccc1Cl. The van der Waals surface area contributed by atoms with E-state index in [-0.39, 0.29) is 12.3 Å². The van der Waals surface area contributed by atoms with Crippen LogP contribution in [-0.4, -0.2) is 31.0 Å². The molecule has 1 unspecified atom stereocenters. The van der Waals surface area contributed by atoms with Gasteiger partial charge in [-0.25, -0.2) is 0 Å². The van der Waals surface area contributed by atoms with Crippen LogP contribution < -0.4 is 5.32 Å². The molecular weight excluding hydrogens is 286 g/mol. The maximum Gasteiger partial charge on any atom is 0.307 e. The highest BCUT2D eigenvalue weighted by Gasteiger charge is 2.20. The minimum absolute atomic E-state index is 0.0559. The number of hydrogen-bond acceptors (Lipinski definition) is 4. The Balaban J connectivity index is 2.89. The Kier molecular flexibility index (Phi) is 6.73. The van der Waals surface area contributed by atoms with Crippen LogP contribution in [0.2, 0.25) is 5.02 Å². The predicted octanol–water partition coefficient (Wildman–Crippen LogP) is 2.42. The van der Waals surface area contributed by atoms with Crippen LogP contribution in [0.25, 0.3) is 0 Å². The number of carbonyl (C=O) groups excluding carboxylic acids is 2. The number of amides is 1. The molecule has 0 saturated heterocycles. The van der Waals surface area contributed by atoms with E-state index in [1.54, 1.807) is 18.2 Å². The van der Waals surface area contributed by atoms with Gasteiger partial charge in [0, 0.05) is 5.02 Å². The summed E-state index contributed by atoms with van der Waals surface area (Å²) in [7, 11) is 1.32. The van der Waals surface area contributed by atoms with Gasteiger partial charge in [-0.1, -0.05) is 29.8 Å². The molecule has 0 aliphatic carbocycles. The molecule has 0 heterocycles. The lowest BCUT2D eigenvalue weighted by atomic mass is 10.0. The van der Waals surface area contributed by atoms with Gasteiger partial charge in [-0.3, -0.25) is 9.59 Å². The van der Waals surface area contributed by atoms with Crippen molar-refractivity contribution < 1.29 is 14.3 Å². The Morgan fingerprint density at radius 2 is 2.11 bits per heavy atom. The smallest absolute Gasteiger partial charge is 0.307 e. The van der Waals surface area contributed by atoms with Gasteiger partial charge in [0.15, 0.2) is 0 Å². The molecule has 1 aromatic rings. The van der Waals surface area contributed by atoms with E-state index in [1.807, 2.05) is 12.3 Å². The lowest BCUT2D eigenvalue weighted by molar-refractivity contribution is -0.141. The number of benzene rings is 1. The number of thioether (sulfide) groups is 1. The van der Waals surface area contributed by atoms with Crippen molar-refractivity contribution in [3.63, 3.8) is 0 Å². The Bertz CT molecular complexity index is 453. The van der Waals surface area contributed by atoms with Gasteiger partial charge in [0.1, 0.15) is 0 Å². The summed E-state index contributed by atoms with van der Waals surface area (Å²) in [4.78, 5) is 23.1. The molecule has 0 radical (unpaired) electrons. The molecule has 104 valence electrons. The number of hydrogen-bond donors (Lipinski definition) is 1. The third kappa shape index (κ3) is 5.12. The average Bonchev–Trinajstić information content (AvgIpc) is 2.38. The molecule has 4 nitrogen and oxygen atoms in total. The molecule has 0 bridgehead atoms. The van der Waals surface area contributed by atoms with E-state index in [1.165, 1.54) is 18.9 Å². The van der Waals surface area contributed by atoms with E-state index in [2.05, 4.69) is 10.1 Å².